The summed E-state index contributed by atoms with van der Waals surface area (Å²) in [6.07, 6.45) is 0.334. The number of hydrogen-bond acceptors (Lipinski definition) is 4. The quantitative estimate of drug-likeness (QED) is 0.311. The van der Waals surface area contributed by atoms with Crippen LogP contribution in [0.4, 0.5) is 10.5 Å². The number of hydrogen-bond donors (Lipinski definition) is 4. The number of benzene rings is 2. The predicted octanol–water partition coefficient (Wildman–Crippen LogP) is 2.85. The fourth-order valence-corrected chi connectivity index (χ4v) is 2.69. The summed E-state index contributed by atoms with van der Waals surface area (Å²) in [5.41, 5.74) is 5.70. The Labute approximate surface area is 171 Å². The minimum absolute atomic E-state index is 0.148. The highest BCUT2D eigenvalue weighted by Gasteiger charge is 2.22. The molecule has 0 saturated heterocycles. The lowest BCUT2D eigenvalue weighted by Gasteiger charge is -2.20. The van der Waals surface area contributed by atoms with Crippen LogP contribution in [0.1, 0.15) is 5.56 Å². The Hall–Kier alpha value is -2.81. The molecule has 0 aliphatic heterocycles. The van der Waals surface area contributed by atoms with Gasteiger partial charge in [0.2, 0.25) is 12.3 Å². The van der Waals surface area contributed by atoms with Crippen molar-refractivity contribution in [2.24, 2.45) is 5.92 Å². The fourth-order valence-electron chi connectivity index (χ4n) is 2.36. The Morgan fingerprint density at radius 2 is 1.79 bits per heavy atom. The van der Waals surface area contributed by atoms with Crippen LogP contribution in [-0.2, 0) is 16.0 Å². The van der Waals surface area contributed by atoms with Crippen LogP contribution in [0.2, 0.25) is 10.0 Å². The maximum Gasteiger partial charge on any atom is 0.337 e. The Morgan fingerprint density at radius 3 is 2.43 bits per heavy atom. The Kier molecular flexibility index (Phi) is 8.06. The average molecular weight is 425 g/mol. The number of anilines is 1. The normalized spacial score (nSPS) is 11.2. The Morgan fingerprint density at radius 1 is 1.07 bits per heavy atom. The van der Waals surface area contributed by atoms with Crippen LogP contribution in [0.15, 0.2) is 48.5 Å². The largest absolute Gasteiger partial charge is 0.337 e. The molecule has 0 fully saturated rings. The van der Waals surface area contributed by atoms with Gasteiger partial charge in [-0.15, -0.1) is 0 Å². The molecule has 4 N–H and O–H groups in total. The number of urea groups is 1. The minimum atomic E-state index is -0.857. The van der Waals surface area contributed by atoms with E-state index < -0.39 is 17.9 Å². The monoisotopic (exact) mass is 424 g/mol. The summed E-state index contributed by atoms with van der Waals surface area (Å²) in [4.78, 5) is 35.0. The maximum absolute atomic E-state index is 12.4. The number of hydroxylamine groups is 2. The highest BCUT2D eigenvalue weighted by Crippen LogP contribution is 2.24. The van der Waals surface area contributed by atoms with E-state index in [1.54, 1.807) is 48.5 Å². The zero-order valence-electron chi connectivity index (χ0n) is 14.6. The van der Waals surface area contributed by atoms with Gasteiger partial charge in [0.1, 0.15) is 0 Å². The topological polar surface area (TPSA) is 111 Å². The van der Waals surface area contributed by atoms with Crippen molar-refractivity contribution in [1.29, 1.82) is 0 Å². The molecular weight excluding hydrogens is 407 g/mol. The molecule has 28 heavy (non-hydrogen) atoms. The van der Waals surface area contributed by atoms with Crippen LogP contribution < -0.4 is 16.2 Å². The molecule has 0 spiro atoms. The number of carbonyl (C=O) groups excluding carboxylic acids is 3. The van der Waals surface area contributed by atoms with E-state index in [-0.39, 0.29) is 19.4 Å². The van der Waals surface area contributed by atoms with Gasteiger partial charge in [-0.1, -0.05) is 47.5 Å². The van der Waals surface area contributed by atoms with Crippen molar-refractivity contribution in [3.05, 3.63) is 64.1 Å². The number of nitrogens with one attached hydrogen (secondary N) is 3. The number of rotatable bonds is 7. The average Bonchev–Trinajstić information content (AvgIpc) is 2.69. The third kappa shape index (κ3) is 6.73. The first-order valence-electron chi connectivity index (χ1n) is 8.15. The summed E-state index contributed by atoms with van der Waals surface area (Å²) >= 11 is 11.9. The van der Waals surface area contributed by atoms with Crippen molar-refractivity contribution in [3.8, 4) is 0 Å². The summed E-state index contributed by atoms with van der Waals surface area (Å²) in [5, 5.41) is 13.0. The van der Waals surface area contributed by atoms with Gasteiger partial charge in [0.25, 0.3) is 0 Å². The van der Waals surface area contributed by atoms with Crippen molar-refractivity contribution < 1.29 is 19.6 Å². The first kappa shape index (κ1) is 21.5. The molecule has 0 bridgehead atoms. The molecular formula is C18H18Cl2N4O4. The van der Waals surface area contributed by atoms with E-state index >= 15 is 0 Å². The molecule has 2 aromatic carbocycles. The molecule has 8 nitrogen and oxygen atoms in total. The maximum atomic E-state index is 12.4. The summed E-state index contributed by atoms with van der Waals surface area (Å²) in [5.74, 6) is -1.46. The fraction of sp³-hybridized carbons (Fsp3) is 0.167. The van der Waals surface area contributed by atoms with E-state index in [2.05, 4.69) is 16.2 Å². The minimum Gasteiger partial charge on any atom is -0.307 e. The smallest absolute Gasteiger partial charge is 0.307 e. The molecule has 0 aliphatic carbocycles. The lowest BCUT2D eigenvalue weighted by molar-refractivity contribution is -0.154. The zero-order valence-corrected chi connectivity index (χ0v) is 16.1. The molecule has 1 atom stereocenters. The Balaban J connectivity index is 1.98. The van der Waals surface area contributed by atoms with E-state index in [1.165, 1.54) is 0 Å². The van der Waals surface area contributed by atoms with Gasteiger partial charge in [0.15, 0.2) is 0 Å². The van der Waals surface area contributed by atoms with Gasteiger partial charge < -0.3 is 5.32 Å². The molecule has 148 valence electrons. The number of nitrogens with zero attached hydrogens (tertiary/aromatic N) is 1. The summed E-state index contributed by atoms with van der Waals surface area (Å²) in [6, 6.07) is 12.8. The van der Waals surface area contributed by atoms with Crippen molar-refractivity contribution in [2.45, 2.75) is 6.42 Å². The van der Waals surface area contributed by atoms with E-state index in [0.29, 0.717) is 26.4 Å². The third-order valence-electron chi connectivity index (χ3n) is 3.70. The van der Waals surface area contributed by atoms with Crippen LogP contribution >= 0.6 is 23.2 Å². The number of carbonyl (C=O) groups is 3. The molecule has 0 saturated carbocycles. The summed E-state index contributed by atoms with van der Waals surface area (Å²) < 4.78 is 0. The molecule has 0 aromatic heterocycles. The second kappa shape index (κ2) is 10.5. The van der Waals surface area contributed by atoms with Gasteiger partial charge in [-0.3, -0.25) is 20.2 Å². The number of amides is 4. The van der Waals surface area contributed by atoms with E-state index in [0.717, 1.165) is 0 Å². The van der Waals surface area contributed by atoms with Crippen molar-refractivity contribution in [1.82, 2.24) is 15.9 Å². The molecule has 1 unspecified atom stereocenters. The molecule has 2 rings (SSSR count). The summed E-state index contributed by atoms with van der Waals surface area (Å²) in [6.45, 7) is -0.280. The second-order valence-electron chi connectivity index (χ2n) is 5.81. The summed E-state index contributed by atoms with van der Waals surface area (Å²) in [7, 11) is 0. The number of halogens is 2. The Bertz CT molecular complexity index is 836. The van der Waals surface area contributed by atoms with Crippen LogP contribution in [0.25, 0.3) is 0 Å². The van der Waals surface area contributed by atoms with Gasteiger partial charge in [0, 0.05) is 5.69 Å². The molecule has 4 amide bonds. The van der Waals surface area contributed by atoms with Crippen LogP contribution in [0.5, 0.6) is 0 Å². The predicted molar refractivity (Wildman–Crippen MR) is 105 cm³/mol. The van der Waals surface area contributed by atoms with E-state index in [9.17, 15) is 19.6 Å². The first-order chi connectivity index (χ1) is 13.4. The number of hydrazine groups is 1. The lowest BCUT2D eigenvalue weighted by atomic mass is 9.98. The number of para-hydroxylation sites is 1. The highest BCUT2D eigenvalue weighted by atomic mass is 35.5. The third-order valence-corrected chi connectivity index (χ3v) is 4.44. The molecule has 10 heteroatoms. The zero-order chi connectivity index (χ0) is 20.5. The van der Waals surface area contributed by atoms with E-state index in [4.69, 9.17) is 23.2 Å². The lowest BCUT2D eigenvalue weighted by Crippen LogP contribution is -2.48. The van der Waals surface area contributed by atoms with Crippen molar-refractivity contribution >= 4 is 47.2 Å². The SMILES string of the molecule is O=CN(O)CC(Cc1ccc(Cl)c(Cl)c1)C(=O)NNC(=O)Nc1ccccc1. The second-order valence-corrected chi connectivity index (χ2v) is 6.63. The highest BCUT2D eigenvalue weighted by molar-refractivity contribution is 6.42. The van der Waals surface area contributed by atoms with Gasteiger partial charge in [-0.2, -0.15) is 0 Å². The van der Waals surface area contributed by atoms with Crippen molar-refractivity contribution in [3.63, 3.8) is 0 Å². The van der Waals surface area contributed by atoms with Crippen LogP contribution in [-0.4, -0.2) is 35.2 Å². The molecule has 0 aliphatic rings. The van der Waals surface area contributed by atoms with Gasteiger partial charge in [0.05, 0.1) is 22.5 Å². The van der Waals surface area contributed by atoms with Gasteiger partial charge >= 0.3 is 6.03 Å². The van der Waals surface area contributed by atoms with Crippen LogP contribution in [0, 0.1) is 5.92 Å². The van der Waals surface area contributed by atoms with E-state index in [1.807, 2.05) is 0 Å². The molecule has 2 aromatic rings. The molecule has 0 heterocycles. The standard InChI is InChI=1S/C18H18Cl2N4O4/c19-15-7-6-12(9-16(15)20)8-13(10-24(28)11-25)17(26)22-23-18(27)21-14-4-2-1-3-5-14/h1-7,9,11,13,28H,8,10H2,(H,22,26)(H2,21,23,27). The van der Waals surface area contributed by atoms with Crippen molar-refractivity contribution in [2.75, 3.05) is 11.9 Å². The van der Waals surface area contributed by atoms with Gasteiger partial charge in [-0.05, 0) is 36.2 Å². The van der Waals surface area contributed by atoms with Gasteiger partial charge in [-0.25, -0.2) is 15.3 Å². The first-order valence-corrected chi connectivity index (χ1v) is 8.91. The molecule has 0 radical (unpaired) electrons. The van der Waals surface area contributed by atoms with Crippen LogP contribution in [0.3, 0.4) is 0 Å².